The van der Waals surface area contributed by atoms with Crippen molar-refractivity contribution in [1.82, 2.24) is 0 Å². The van der Waals surface area contributed by atoms with Gasteiger partial charge in [-0.05, 0) is 49.9 Å². The Kier molecular flexibility index (Phi) is 1.68. The van der Waals surface area contributed by atoms with Crippen LogP contribution in [0.25, 0.3) is 0 Å². The lowest BCUT2D eigenvalue weighted by Gasteiger charge is -2.44. The van der Waals surface area contributed by atoms with Crippen LogP contribution in [-0.4, -0.2) is 0 Å². The van der Waals surface area contributed by atoms with Crippen LogP contribution in [0.4, 0.5) is 0 Å². The van der Waals surface area contributed by atoms with Crippen LogP contribution in [0.2, 0.25) is 0 Å². The van der Waals surface area contributed by atoms with E-state index in [-0.39, 0.29) is 0 Å². The Morgan fingerprint density at radius 3 is 1.90 bits per heavy atom. The first kappa shape index (κ1) is 6.97. The van der Waals surface area contributed by atoms with Crippen molar-refractivity contribution in [2.75, 3.05) is 0 Å². The lowest BCUT2D eigenvalue weighted by atomic mass is 9.62. The highest BCUT2D eigenvalue weighted by Gasteiger charge is 2.40. The van der Waals surface area contributed by atoms with Gasteiger partial charge in [-0.3, -0.25) is 0 Å². The Morgan fingerprint density at radius 1 is 1.10 bits per heavy atom. The molecule has 0 amide bonds. The van der Waals surface area contributed by atoms with Gasteiger partial charge in [-0.25, -0.2) is 0 Å². The first-order chi connectivity index (χ1) is 4.85. The maximum absolute atomic E-state index is 5.71. The molecule has 3 fully saturated rings. The molecule has 0 N–H and O–H groups in total. The molecule has 1 heteroatoms. The third-order valence-corrected chi connectivity index (χ3v) is 3.69. The summed E-state index contributed by atoms with van der Waals surface area (Å²) in [6, 6.07) is 0. The molecule has 0 nitrogen and oxygen atoms in total. The fourth-order valence-corrected chi connectivity index (χ4v) is 2.67. The second kappa shape index (κ2) is 2.41. The van der Waals surface area contributed by atoms with Crippen LogP contribution >= 0.6 is 11.6 Å². The summed E-state index contributed by atoms with van der Waals surface area (Å²) in [6.45, 7) is 0. The monoisotopic (exact) mass is 156 g/mol. The van der Waals surface area contributed by atoms with Crippen molar-refractivity contribution in [3.8, 4) is 0 Å². The van der Waals surface area contributed by atoms with Crippen LogP contribution in [0.15, 0.2) is 0 Å². The van der Waals surface area contributed by atoms with E-state index in [0.29, 0.717) is 5.41 Å². The summed E-state index contributed by atoms with van der Waals surface area (Å²) in [5, 5.41) is 0. The molecule has 3 rings (SSSR count). The Hall–Kier alpha value is 0.290. The molecule has 0 aliphatic heterocycles. The van der Waals surface area contributed by atoms with Crippen molar-refractivity contribution in [3.63, 3.8) is 0 Å². The van der Waals surface area contributed by atoms with Gasteiger partial charge in [0.05, 0.1) is 5.88 Å². The molecule has 3 saturated carbocycles. The molecule has 3 aliphatic rings. The zero-order valence-electron chi connectivity index (χ0n) is 6.20. The van der Waals surface area contributed by atoms with E-state index >= 15 is 0 Å². The van der Waals surface area contributed by atoms with Gasteiger partial charge in [-0.1, -0.05) is 0 Å². The average Bonchev–Trinajstić information content (AvgIpc) is 2.08. The van der Waals surface area contributed by atoms with Crippen LogP contribution in [0, 0.1) is 17.2 Å². The van der Waals surface area contributed by atoms with Gasteiger partial charge in [0, 0.05) is 0 Å². The molecule has 0 heterocycles. The minimum atomic E-state index is 0.344. The van der Waals surface area contributed by atoms with E-state index in [1.165, 1.54) is 38.5 Å². The smallest absolute Gasteiger partial charge is 0.0931 e. The van der Waals surface area contributed by atoms with Crippen molar-refractivity contribution in [2.24, 2.45) is 11.3 Å². The third kappa shape index (κ3) is 0.972. The molecular weight excluding hydrogens is 144 g/mol. The Labute approximate surface area is 68.0 Å². The summed E-state index contributed by atoms with van der Waals surface area (Å²) in [7, 11) is 0. The van der Waals surface area contributed by atoms with Crippen LogP contribution in [-0.2, 0) is 0 Å². The molecule has 0 saturated heterocycles. The van der Waals surface area contributed by atoms with Crippen molar-refractivity contribution in [2.45, 2.75) is 38.5 Å². The minimum Gasteiger partial charge on any atom is -0.115 e. The van der Waals surface area contributed by atoms with Crippen LogP contribution in [0.5, 0.6) is 0 Å². The zero-order valence-corrected chi connectivity index (χ0v) is 6.95. The third-order valence-electron chi connectivity index (χ3n) is 3.29. The second-order valence-corrected chi connectivity index (χ2v) is 4.05. The van der Waals surface area contributed by atoms with Crippen LogP contribution < -0.4 is 0 Å². The molecule has 0 atom stereocenters. The van der Waals surface area contributed by atoms with Gasteiger partial charge in [-0.2, -0.15) is 0 Å². The van der Waals surface area contributed by atoms with E-state index in [9.17, 15) is 0 Å². The van der Waals surface area contributed by atoms with Gasteiger partial charge < -0.3 is 0 Å². The summed E-state index contributed by atoms with van der Waals surface area (Å²) in [6.07, 6.45) is 8.13. The summed E-state index contributed by atoms with van der Waals surface area (Å²) in [5.74, 6) is 4.01. The van der Waals surface area contributed by atoms with E-state index in [2.05, 4.69) is 5.88 Å². The van der Waals surface area contributed by atoms with Crippen LogP contribution in [0.3, 0.4) is 0 Å². The molecule has 0 spiro atoms. The molecule has 0 aromatic carbocycles. The number of hydrogen-bond acceptors (Lipinski definition) is 0. The van der Waals surface area contributed by atoms with E-state index in [1.54, 1.807) is 0 Å². The largest absolute Gasteiger partial charge is 0.115 e. The van der Waals surface area contributed by atoms with Gasteiger partial charge in [0.1, 0.15) is 0 Å². The quantitative estimate of drug-likeness (QED) is 0.547. The lowest BCUT2D eigenvalue weighted by Crippen LogP contribution is -2.33. The standard InChI is InChI=1S/C9H13Cl/c10-7-9-4-1-8(2-5-9)3-6-9/h8H,1-6H2. The average molecular weight is 157 g/mol. The van der Waals surface area contributed by atoms with E-state index in [4.69, 9.17) is 11.6 Å². The second-order valence-electron chi connectivity index (χ2n) is 3.86. The molecule has 2 bridgehead atoms. The van der Waals surface area contributed by atoms with Gasteiger partial charge >= 0.3 is 0 Å². The van der Waals surface area contributed by atoms with E-state index in [0.717, 1.165) is 5.92 Å². The molecule has 0 aromatic rings. The maximum atomic E-state index is 5.71. The first-order valence-electron chi connectivity index (χ1n) is 4.22. The van der Waals surface area contributed by atoms with Crippen molar-refractivity contribution < 1.29 is 0 Å². The Balaban J connectivity index is 2.08. The Morgan fingerprint density at radius 2 is 1.60 bits per heavy atom. The van der Waals surface area contributed by atoms with Gasteiger partial charge in [-0.15, -0.1) is 11.6 Å². The fraction of sp³-hybridized carbons (Fsp3) is 0.889. The summed E-state index contributed by atoms with van der Waals surface area (Å²) in [4.78, 5) is 0. The number of hydrogen-bond donors (Lipinski definition) is 0. The van der Waals surface area contributed by atoms with E-state index < -0.39 is 0 Å². The first-order valence-corrected chi connectivity index (χ1v) is 4.60. The number of rotatable bonds is 1. The molecule has 2 radical (unpaired) electrons. The fourth-order valence-electron chi connectivity index (χ4n) is 2.39. The molecular formula is C9H13Cl. The van der Waals surface area contributed by atoms with Crippen molar-refractivity contribution in [1.29, 1.82) is 0 Å². The van der Waals surface area contributed by atoms with Gasteiger partial charge in [0.2, 0.25) is 0 Å². The van der Waals surface area contributed by atoms with Gasteiger partial charge in [0.15, 0.2) is 0 Å². The highest BCUT2D eigenvalue weighted by Crippen LogP contribution is 2.52. The summed E-state index contributed by atoms with van der Waals surface area (Å²) < 4.78 is 0. The SMILES string of the molecule is Cl[C]C12CCC(CC1)CC2. The predicted octanol–water partition coefficient (Wildman–Crippen LogP) is 3.23. The maximum Gasteiger partial charge on any atom is 0.0931 e. The number of halogens is 1. The normalized spacial score (nSPS) is 45.9. The molecule has 10 heavy (non-hydrogen) atoms. The van der Waals surface area contributed by atoms with Crippen molar-refractivity contribution in [3.05, 3.63) is 5.88 Å². The summed E-state index contributed by atoms with van der Waals surface area (Å²) >= 11 is 5.71. The number of fused-ring (bicyclic) bond motifs is 3. The van der Waals surface area contributed by atoms with Crippen LogP contribution in [0.1, 0.15) is 38.5 Å². The minimum absolute atomic E-state index is 0.344. The highest BCUT2D eigenvalue weighted by atomic mass is 35.5. The topological polar surface area (TPSA) is 0 Å². The Bertz CT molecular complexity index is 109. The zero-order chi connectivity index (χ0) is 7.03. The van der Waals surface area contributed by atoms with E-state index in [1.807, 2.05) is 0 Å². The highest BCUT2D eigenvalue weighted by molar-refractivity contribution is 6.23. The van der Waals surface area contributed by atoms with Crippen molar-refractivity contribution >= 4 is 11.6 Å². The molecule has 0 aromatic heterocycles. The lowest BCUT2D eigenvalue weighted by molar-refractivity contribution is 0.103. The summed E-state index contributed by atoms with van der Waals surface area (Å²) in [5.41, 5.74) is 0.344. The van der Waals surface area contributed by atoms with Gasteiger partial charge in [0.25, 0.3) is 0 Å². The predicted molar refractivity (Wildman–Crippen MR) is 42.7 cm³/mol. The molecule has 0 unspecified atom stereocenters. The molecule has 56 valence electrons. The molecule has 3 aliphatic carbocycles.